The Kier molecular flexibility index (Phi) is 5.46. The summed E-state index contributed by atoms with van der Waals surface area (Å²) in [6, 6.07) is 7.93. The molecule has 2 rings (SSSR count). The van der Waals surface area contributed by atoms with Gasteiger partial charge < -0.3 is 14.6 Å². The second kappa shape index (κ2) is 7.33. The Labute approximate surface area is 137 Å². The van der Waals surface area contributed by atoms with Crippen molar-refractivity contribution in [2.24, 2.45) is 0 Å². The first-order valence-corrected chi connectivity index (χ1v) is 7.33. The van der Waals surface area contributed by atoms with E-state index in [-0.39, 0.29) is 23.8 Å². The molecule has 0 aliphatic heterocycles. The van der Waals surface area contributed by atoms with E-state index in [0.29, 0.717) is 22.3 Å². The zero-order valence-corrected chi connectivity index (χ0v) is 13.3. The number of hydrogen-bond donors (Lipinski definition) is 1. The van der Waals surface area contributed by atoms with Crippen LogP contribution < -0.4 is 15.6 Å². The van der Waals surface area contributed by atoms with Gasteiger partial charge in [0.2, 0.25) is 5.91 Å². The standard InChI is InChI=1S/C15H14Cl2N2O3/c1-2-22-13-4-3-5-19(15(13)21)9-14(20)18-12-7-10(16)6-11(17)8-12/h3-8H,2,9H2,1H3,(H,18,20). The minimum absolute atomic E-state index is 0.135. The van der Waals surface area contributed by atoms with E-state index < -0.39 is 0 Å². The first-order valence-electron chi connectivity index (χ1n) is 6.58. The van der Waals surface area contributed by atoms with Crippen LogP contribution in [0.2, 0.25) is 10.0 Å². The zero-order valence-electron chi connectivity index (χ0n) is 11.8. The van der Waals surface area contributed by atoms with Gasteiger partial charge in [0, 0.05) is 21.9 Å². The highest BCUT2D eigenvalue weighted by atomic mass is 35.5. The Morgan fingerprint density at radius 3 is 2.59 bits per heavy atom. The minimum atomic E-state index is -0.367. The topological polar surface area (TPSA) is 60.3 Å². The van der Waals surface area contributed by atoms with Crippen molar-refractivity contribution in [3.05, 3.63) is 56.9 Å². The summed E-state index contributed by atoms with van der Waals surface area (Å²) in [5, 5.41) is 3.47. The van der Waals surface area contributed by atoms with Crippen molar-refractivity contribution >= 4 is 34.8 Å². The molecule has 0 aliphatic rings. The van der Waals surface area contributed by atoms with Gasteiger partial charge in [-0.15, -0.1) is 0 Å². The highest BCUT2D eigenvalue weighted by Crippen LogP contribution is 2.22. The van der Waals surface area contributed by atoms with E-state index >= 15 is 0 Å². The number of amides is 1. The molecule has 5 nitrogen and oxygen atoms in total. The molecule has 0 atom stereocenters. The van der Waals surface area contributed by atoms with E-state index in [0.717, 1.165) is 0 Å². The normalized spacial score (nSPS) is 10.3. The Hall–Kier alpha value is -1.98. The van der Waals surface area contributed by atoms with Crippen LogP contribution in [-0.4, -0.2) is 17.1 Å². The van der Waals surface area contributed by atoms with Crippen LogP contribution in [0.5, 0.6) is 5.75 Å². The summed E-state index contributed by atoms with van der Waals surface area (Å²) in [5.74, 6) is -0.155. The summed E-state index contributed by atoms with van der Waals surface area (Å²) in [5.41, 5.74) is 0.111. The summed E-state index contributed by atoms with van der Waals surface area (Å²) < 4.78 is 6.48. The number of ether oxygens (including phenoxy) is 1. The lowest BCUT2D eigenvalue weighted by Crippen LogP contribution is -2.28. The largest absolute Gasteiger partial charge is 0.488 e. The van der Waals surface area contributed by atoms with Crippen molar-refractivity contribution < 1.29 is 9.53 Å². The Morgan fingerprint density at radius 1 is 1.27 bits per heavy atom. The monoisotopic (exact) mass is 340 g/mol. The van der Waals surface area contributed by atoms with Crippen LogP contribution in [0.3, 0.4) is 0 Å². The molecule has 22 heavy (non-hydrogen) atoms. The number of anilines is 1. The second-order valence-corrected chi connectivity index (χ2v) is 5.32. The number of aromatic nitrogens is 1. The molecule has 0 unspecified atom stereocenters. The van der Waals surface area contributed by atoms with Gasteiger partial charge in [0.05, 0.1) is 6.61 Å². The molecule has 116 valence electrons. The predicted molar refractivity (Wildman–Crippen MR) is 87.0 cm³/mol. The second-order valence-electron chi connectivity index (χ2n) is 4.44. The lowest BCUT2D eigenvalue weighted by Gasteiger charge is -2.09. The van der Waals surface area contributed by atoms with E-state index in [2.05, 4.69) is 5.32 Å². The summed E-state index contributed by atoms with van der Waals surface area (Å²) >= 11 is 11.7. The summed E-state index contributed by atoms with van der Waals surface area (Å²) in [6.45, 7) is 2.03. The van der Waals surface area contributed by atoms with E-state index in [1.54, 1.807) is 37.3 Å². The molecular weight excluding hydrogens is 327 g/mol. The third kappa shape index (κ3) is 4.26. The highest BCUT2D eigenvalue weighted by Gasteiger charge is 2.09. The first-order chi connectivity index (χ1) is 10.5. The number of carbonyl (C=O) groups excluding carboxylic acids is 1. The molecular formula is C15H14Cl2N2O3. The number of halogens is 2. The molecule has 0 saturated carbocycles. The van der Waals surface area contributed by atoms with Crippen LogP contribution >= 0.6 is 23.2 Å². The van der Waals surface area contributed by atoms with Crippen molar-refractivity contribution in [1.29, 1.82) is 0 Å². The lowest BCUT2D eigenvalue weighted by atomic mass is 10.3. The van der Waals surface area contributed by atoms with Gasteiger partial charge in [0.1, 0.15) is 6.54 Å². The first kappa shape index (κ1) is 16.4. The van der Waals surface area contributed by atoms with Crippen molar-refractivity contribution in [2.45, 2.75) is 13.5 Å². The summed E-state index contributed by atoms with van der Waals surface area (Å²) in [4.78, 5) is 24.1. The molecule has 0 aliphatic carbocycles. The maximum Gasteiger partial charge on any atom is 0.293 e. The number of carbonyl (C=O) groups is 1. The number of nitrogens with one attached hydrogen (secondary N) is 1. The molecule has 0 spiro atoms. The van der Waals surface area contributed by atoms with E-state index in [9.17, 15) is 9.59 Å². The third-order valence-corrected chi connectivity index (χ3v) is 3.18. The molecule has 1 N–H and O–H groups in total. The SMILES string of the molecule is CCOc1cccn(CC(=O)Nc2cc(Cl)cc(Cl)c2)c1=O. The van der Waals surface area contributed by atoms with Gasteiger partial charge in [0.25, 0.3) is 5.56 Å². The van der Waals surface area contributed by atoms with Gasteiger partial charge in [-0.1, -0.05) is 23.2 Å². The average Bonchev–Trinajstić information content (AvgIpc) is 2.42. The molecule has 2 aromatic rings. The van der Waals surface area contributed by atoms with Crippen molar-refractivity contribution in [3.63, 3.8) is 0 Å². The van der Waals surface area contributed by atoms with E-state index in [1.165, 1.54) is 10.8 Å². The number of pyridine rings is 1. The zero-order chi connectivity index (χ0) is 16.1. The molecule has 7 heteroatoms. The van der Waals surface area contributed by atoms with Crippen LogP contribution in [0.4, 0.5) is 5.69 Å². The molecule has 0 radical (unpaired) electrons. The Balaban J connectivity index is 2.12. The predicted octanol–water partition coefficient (Wildman–Crippen LogP) is 3.19. The fraction of sp³-hybridized carbons (Fsp3) is 0.200. The fourth-order valence-corrected chi connectivity index (χ4v) is 2.41. The third-order valence-electron chi connectivity index (χ3n) is 2.75. The Bertz CT molecular complexity index is 724. The number of nitrogens with zero attached hydrogens (tertiary/aromatic N) is 1. The Morgan fingerprint density at radius 2 is 1.95 bits per heavy atom. The van der Waals surface area contributed by atoms with Gasteiger partial charge >= 0.3 is 0 Å². The van der Waals surface area contributed by atoms with Crippen molar-refractivity contribution in [1.82, 2.24) is 4.57 Å². The lowest BCUT2D eigenvalue weighted by molar-refractivity contribution is -0.116. The van der Waals surface area contributed by atoms with Gasteiger partial charge in [-0.05, 0) is 37.3 Å². The van der Waals surface area contributed by atoms with Gasteiger partial charge in [-0.2, -0.15) is 0 Å². The van der Waals surface area contributed by atoms with Crippen molar-refractivity contribution in [3.8, 4) is 5.75 Å². The van der Waals surface area contributed by atoms with Gasteiger partial charge in [0.15, 0.2) is 5.75 Å². The maximum absolute atomic E-state index is 12.1. The average molecular weight is 341 g/mol. The highest BCUT2D eigenvalue weighted by molar-refractivity contribution is 6.35. The van der Waals surface area contributed by atoms with Crippen LogP contribution in [-0.2, 0) is 11.3 Å². The minimum Gasteiger partial charge on any atom is -0.488 e. The van der Waals surface area contributed by atoms with E-state index in [4.69, 9.17) is 27.9 Å². The van der Waals surface area contributed by atoms with Crippen LogP contribution in [0.1, 0.15) is 6.92 Å². The molecule has 0 saturated heterocycles. The quantitative estimate of drug-likeness (QED) is 0.909. The summed E-state index contributed by atoms with van der Waals surface area (Å²) in [7, 11) is 0. The molecule has 1 amide bonds. The van der Waals surface area contributed by atoms with Crippen LogP contribution in [0.25, 0.3) is 0 Å². The molecule has 1 aromatic carbocycles. The van der Waals surface area contributed by atoms with Crippen LogP contribution in [0, 0.1) is 0 Å². The fourth-order valence-electron chi connectivity index (χ4n) is 1.89. The molecule has 0 fully saturated rings. The van der Waals surface area contributed by atoms with Gasteiger partial charge in [-0.25, -0.2) is 0 Å². The molecule has 1 heterocycles. The smallest absolute Gasteiger partial charge is 0.293 e. The summed E-state index contributed by atoms with van der Waals surface area (Å²) in [6.07, 6.45) is 1.52. The maximum atomic E-state index is 12.1. The molecule has 1 aromatic heterocycles. The number of rotatable bonds is 5. The number of hydrogen-bond acceptors (Lipinski definition) is 3. The van der Waals surface area contributed by atoms with Crippen LogP contribution in [0.15, 0.2) is 41.3 Å². The number of benzene rings is 1. The van der Waals surface area contributed by atoms with Crippen molar-refractivity contribution in [2.75, 3.05) is 11.9 Å². The van der Waals surface area contributed by atoms with Gasteiger partial charge in [-0.3, -0.25) is 9.59 Å². The molecule has 0 bridgehead atoms. The van der Waals surface area contributed by atoms with E-state index in [1.807, 2.05) is 0 Å².